The predicted molar refractivity (Wildman–Crippen MR) is 125 cm³/mol. The lowest BCUT2D eigenvalue weighted by molar-refractivity contribution is 0.120. The minimum atomic E-state index is 0.145. The van der Waals surface area contributed by atoms with Crippen LogP contribution >= 0.6 is 35.0 Å². The second-order valence-corrected chi connectivity index (χ2v) is 8.48. The molecule has 1 saturated heterocycles. The summed E-state index contributed by atoms with van der Waals surface area (Å²) in [4.78, 5) is 13.9. The highest BCUT2D eigenvalue weighted by molar-refractivity contribution is 7.98. The molecule has 2 aromatic heterocycles. The first-order valence-corrected chi connectivity index (χ1v) is 11.7. The van der Waals surface area contributed by atoms with E-state index in [-0.39, 0.29) is 6.10 Å². The van der Waals surface area contributed by atoms with E-state index >= 15 is 0 Å². The van der Waals surface area contributed by atoms with Crippen molar-refractivity contribution in [1.29, 1.82) is 0 Å². The van der Waals surface area contributed by atoms with Crippen molar-refractivity contribution in [2.45, 2.75) is 24.1 Å². The Morgan fingerprint density at radius 3 is 2.52 bits per heavy atom. The molecule has 7 nitrogen and oxygen atoms in total. The summed E-state index contributed by atoms with van der Waals surface area (Å²) in [5.74, 6) is 1.51. The van der Waals surface area contributed by atoms with E-state index in [2.05, 4.69) is 15.3 Å². The van der Waals surface area contributed by atoms with Gasteiger partial charge in [0.1, 0.15) is 17.0 Å². The number of thioether (sulfide) groups is 1. The molecule has 0 radical (unpaired) electrons. The van der Waals surface area contributed by atoms with Gasteiger partial charge in [0.2, 0.25) is 0 Å². The van der Waals surface area contributed by atoms with E-state index in [1.165, 1.54) is 11.8 Å². The van der Waals surface area contributed by atoms with Gasteiger partial charge in [0.05, 0.1) is 36.1 Å². The van der Waals surface area contributed by atoms with Crippen LogP contribution in [0, 0.1) is 0 Å². The van der Waals surface area contributed by atoms with Crippen LogP contribution in [-0.2, 0) is 4.74 Å². The third-order valence-corrected chi connectivity index (χ3v) is 6.39. The van der Waals surface area contributed by atoms with Crippen LogP contribution in [0.3, 0.4) is 0 Å². The molecule has 0 spiro atoms. The van der Waals surface area contributed by atoms with Crippen molar-refractivity contribution in [1.82, 2.24) is 15.0 Å². The average Bonchev–Trinajstić information content (AvgIpc) is 3.31. The topological polar surface area (TPSA) is 78.4 Å². The van der Waals surface area contributed by atoms with Crippen LogP contribution in [0.5, 0.6) is 11.5 Å². The molecule has 1 aromatic carbocycles. The largest absolute Gasteiger partial charge is 0.495 e. The highest BCUT2D eigenvalue weighted by Gasteiger charge is 2.22. The Kier molecular flexibility index (Phi) is 6.91. The first kappa shape index (κ1) is 22.2. The van der Waals surface area contributed by atoms with E-state index in [0.717, 1.165) is 30.4 Å². The fraction of sp³-hybridized carbons (Fsp3) is 0.381. The molecule has 3 heterocycles. The summed E-state index contributed by atoms with van der Waals surface area (Å²) in [6, 6.07) is 3.52. The Morgan fingerprint density at radius 1 is 1.16 bits per heavy atom. The Morgan fingerprint density at radius 2 is 1.90 bits per heavy atom. The van der Waals surface area contributed by atoms with Crippen molar-refractivity contribution in [3.8, 4) is 22.8 Å². The number of hydrogen-bond acceptors (Lipinski definition) is 8. The van der Waals surface area contributed by atoms with Gasteiger partial charge in [0, 0.05) is 36.4 Å². The van der Waals surface area contributed by atoms with Crippen LogP contribution in [0.25, 0.3) is 22.2 Å². The number of benzene rings is 1. The van der Waals surface area contributed by atoms with Gasteiger partial charge in [-0.05, 0) is 25.2 Å². The van der Waals surface area contributed by atoms with Gasteiger partial charge in [-0.15, -0.1) is 0 Å². The Labute approximate surface area is 194 Å². The lowest BCUT2D eigenvalue weighted by Gasteiger charge is -2.17. The number of hydrogen-bond donors (Lipinski definition) is 1. The predicted octanol–water partition coefficient (Wildman–Crippen LogP) is 5.33. The zero-order valence-electron chi connectivity index (χ0n) is 17.4. The molecule has 0 aliphatic carbocycles. The SMILES string of the molecule is COc1cc(OC)c(Cl)c(-c2cc3cnc(SC)nc3c(NCC3CCCO3)n2)c1Cl. The van der Waals surface area contributed by atoms with Gasteiger partial charge in [-0.25, -0.2) is 15.0 Å². The zero-order valence-corrected chi connectivity index (χ0v) is 19.7. The van der Waals surface area contributed by atoms with Crippen LogP contribution in [0.15, 0.2) is 23.5 Å². The fourth-order valence-corrected chi connectivity index (χ4v) is 4.53. The molecule has 1 unspecified atom stereocenters. The van der Waals surface area contributed by atoms with E-state index in [0.29, 0.717) is 50.3 Å². The number of nitrogens with zero attached hydrogens (tertiary/aromatic N) is 3. The van der Waals surface area contributed by atoms with E-state index in [1.54, 1.807) is 26.5 Å². The Bertz CT molecular complexity index is 1080. The maximum Gasteiger partial charge on any atom is 0.187 e. The first-order chi connectivity index (χ1) is 15.0. The van der Waals surface area contributed by atoms with Gasteiger partial charge in [-0.1, -0.05) is 35.0 Å². The van der Waals surface area contributed by atoms with Crippen LogP contribution in [0.1, 0.15) is 12.8 Å². The second kappa shape index (κ2) is 9.65. The third kappa shape index (κ3) is 4.48. The first-order valence-electron chi connectivity index (χ1n) is 9.73. The van der Waals surface area contributed by atoms with Crippen LogP contribution < -0.4 is 14.8 Å². The molecule has 3 aromatic rings. The van der Waals surface area contributed by atoms with Gasteiger partial charge < -0.3 is 19.5 Å². The quantitative estimate of drug-likeness (QED) is 0.359. The maximum absolute atomic E-state index is 6.63. The Hall–Kier alpha value is -2.00. The molecular formula is C21H22Cl2N4O3S. The fourth-order valence-electron chi connectivity index (χ4n) is 3.50. The van der Waals surface area contributed by atoms with Gasteiger partial charge in [-0.3, -0.25) is 0 Å². The summed E-state index contributed by atoms with van der Waals surface area (Å²) in [6.07, 6.45) is 5.93. The highest BCUT2D eigenvalue weighted by atomic mass is 35.5. The van der Waals surface area contributed by atoms with Gasteiger partial charge in [0.15, 0.2) is 11.0 Å². The molecule has 0 saturated carbocycles. The molecular weight excluding hydrogens is 459 g/mol. The van der Waals surface area contributed by atoms with Crippen molar-refractivity contribution in [3.63, 3.8) is 0 Å². The molecule has 1 atom stereocenters. The number of pyridine rings is 1. The number of halogens is 2. The third-order valence-electron chi connectivity index (χ3n) is 5.08. The lowest BCUT2D eigenvalue weighted by atomic mass is 10.1. The number of nitrogens with one attached hydrogen (secondary N) is 1. The van der Waals surface area contributed by atoms with Crippen LogP contribution in [0.2, 0.25) is 10.0 Å². The molecule has 0 bridgehead atoms. The van der Waals surface area contributed by atoms with Crippen LogP contribution in [0.4, 0.5) is 5.82 Å². The molecule has 1 N–H and O–H groups in total. The molecule has 0 amide bonds. The summed E-state index contributed by atoms with van der Waals surface area (Å²) in [5.41, 5.74) is 1.81. The number of anilines is 1. The van der Waals surface area contributed by atoms with E-state index in [1.807, 2.05) is 12.3 Å². The van der Waals surface area contributed by atoms with Gasteiger partial charge in [-0.2, -0.15) is 0 Å². The maximum atomic E-state index is 6.63. The minimum absolute atomic E-state index is 0.145. The van der Waals surface area contributed by atoms with Gasteiger partial charge >= 0.3 is 0 Å². The summed E-state index contributed by atoms with van der Waals surface area (Å²) in [6.45, 7) is 1.42. The second-order valence-electron chi connectivity index (χ2n) is 6.95. The lowest BCUT2D eigenvalue weighted by Crippen LogP contribution is -2.19. The molecule has 1 aliphatic heterocycles. The molecule has 1 aliphatic rings. The number of fused-ring (bicyclic) bond motifs is 1. The zero-order chi connectivity index (χ0) is 22.0. The molecule has 31 heavy (non-hydrogen) atoms. The van der Waals surface area contributed by atoms with E-state index in [9.17, 15) is 0 Å². The van der Waals surface area contributed by atoms with Crippen molar-refractivity contribution in [2.24, 2.45) is 0 Å². The summed E-state index contributed by atoms with van der Waals surface area (Å²) in [5, 5.41) is 5.59. The normalized spacial score (nSPS) is 16.0. The molecule has 4 rings (SSSR count). The van der Waals surface area contributed by atoms with E-state index < -0.39 is 0 Å². The number of methoxy groups -OCH3 is 2. The molecule has 1 fully saturated rings. The summed E-state index contributed by atoms with van der Waals surface area (Å²) in [7, 11) is 3.08. The minimum Gasteiger partial charge on any atom is -0.495 e. The monoisotopic (exact) mass is 480 g/mol. The Balaban J connectivity index is 1.87. The van der Waals surface area contributed by atoms with Crippen LogP contribution in [-0.4, -0.2) is 54.7 Å². The average molecular weight is 481 g/mol. The smallest absolute Gasteiger partial charge is 0.187 e. The standard InChI is InChI=1S/C21H22Cl2N4O3S/c1-28-14-8-15(29-2)18(23)16(17(14)22)13-7-11-9-25-21(31-3)27-19(11)20(26-13)24-10-12-5-4-6-30-12/h7-9,12H,4-6,10H2,1-3H3,(H,24,26). The highest BCUT2D eigenvalue weighted by Crippen LogP contribution is 2.46. The van der Waals surface area contributed by atoms with Gasteiger partial charge in [0.25, 0.3) is 0 Å². The molecule has 164 valence electrons. The van der Waals surface area contributed by atoms with Crippen molar-refractivity contribution in [2.75, 3.05) is 38.9 Å². The molecule has 10 heteroatoms. The van der Waals surface area contributed by atoms with Crippen molar-refractivity contribution < 1.29 is 14.2 Å². The summed E-state index contributed by atoms with van der Waals surface area (Å²) >= 11 is 14.7. The van der Waals surface area contributed by atoms with Crippen molar-refractivity contribution >= 4 is 51.7 Å². The summed E-state index contributed by atoms with van der Waals surface area (Å²) < 4.78 is 16.6. The number of rotatable bonds is 7. The van der Waals surface area contributed by atoms with Crippen molar-refractivity contribution in [3.05, 3.63) is 28.4 Å². The number of aromatic nitrogens is 3. The van der Waals surface area contributed by atoms with E-state index in [4.69, 9.17) is 42.4 Å². The number of ether oxygens (including phenoxy) is 3.